The summed E-state index contributed by atoms with van der Waals surface area (Å²) in [5.41, 5.74) is 0.551. The molecule has 1 heterocycles. The average molecular weight is 380 g/mol. The van der Waals surface area contributed by atoms with Crippen LogP contribution in [0.15, 0.2) is 45.9 Å². The van der Waals surface area contributed by atoms with Gasteiger partial charge in [0, 0.05) is 26.2 Å². The zero-order valence-corrected chi connectivity index (χ0v) is 16.2. The van der Waals surface area contributed by atoms with Crippen molar-refractivity contribution in [1.82, 2.24) is 9.62 Å². The van der Waals surface area contributed by atoms with Crippen molar-refractivity contribution < 1.29 is 22.4 Å². The van der Waals surface area contributed by atoms with Crippen LogP contribution in [0.4, 0.5) is 0 Å². The summed E-state index contributed by atoms with van der Waals surface area (Å²) in [4.78, 5) is 12.0. The van der Waals surface area contributed by atoms with Crippen LogP contribution in [0.3, 0.4) is 0 Å². The van der Waals surface area contributed by atoms with Gasteiger partial charge in [-0.1, -0.05) is 13.8 Å². The van der Waals surface area contributed by atoms with Crippen molar-refractivity contribution in [1.29, 1.82) is 0 Å². The van der Waals surface area contributed by atoms with Gasteiger partial charge in [-0.3, -0.25) is 4.79 Å². The highest BCUT2D eigenvalue weighted by Gasteiger charge is 2.21. The molecule has 7 nitrogen and oxygen atoms in total. The van der Waals surface area contributed by atoms with E-state index in [1.807, 2.05) is 13.8 Å². The third-order valence-electron chi connectivity index (χ3n) is 3.54. The van der Waals surface area contributed by atoms with E-state index in [0.29, 0.717) is 29.5 Å². The Kier molecular flexibility index (Phi) is 6.44. The maximum absolute atomic E-state index is 12.0. The Bertz CT molecular complexity index is 839. The van der Waals surface area contributed by atoms with Crippen molar-refractivity contribution in [3.05, 3.63) is 47.7 Å². The lowest BCUT2D eigenvalue weighted by molar-refractivity contribution is 0.0949. The van der Waals surface area contributed by atoms with Gasteiger partial charge < -0.3 is 14.5 Å². The van der Waals surface area contributed by atoms with Crippen LogP contribution in [0.2, 0.25) is 0 Å². The molecule has 0 fully saturated rings. The molecule has 0 unspecified atom stereocenters. The Balaban J connectivity index is 1.94. The summed E-state index contributed by atoms with van der Waals surface area (Å²) >= 11 is 0. The van der Waals surface area contributed by atoms with Crippen LogP contribution >= 0.6 is 0 Å². The molecule has 0 spiro atoms. The minimum absolute atomic E-state index is 0.0852. The van der Waals surface area contributed by atoms with Crippen LogP contribution in [0, 0.1) is 5.92 Å². The monoisotopic (exact) mass is 380 g/mol. The summed E-state index contributed by atoms with van der Waals surface area (Å²) in [5, 5.41) is 2.72. The highest BCUT2D eigenvalue weighted by molar-refractivity contribution is 7.88. The fourth-order valence-corrected chi connectivity index (χ4v) is 2.82. The summed E-state index contributed by atoms with van der Waals surface area (Å²) < 4.78 is 35.9. The summed E-state index contributed by atoms with van der Waals surface area (Å²) in [6, 6.07) is 9.68. The second-order valence-electron chi connectivity index (χ2n) is 6.43. The van der Waals surface area contributed by atoms with E-state index in [4.69, 9.17) is 9.15 Å². The Morgan fingerprint density at radius 1 is 1.15 bits per heavy atom. The maximum Gasteiger partial charge on any atom is 0.275 e. The van der Waals surface area contributed by atoms with Gasteiger partial charge in [-0.05, 0) is 42.3 Å². The molecule has 142 valence electrons. The second kappa shape index (κ2) is 8.37. The summed E-state index contributed by atoms with van der Waals surface area (Å²) in [5.74, 6) is 1.20. The number of amides is 1. The third-order valence-corrected chi connectivity index (χ3v) is 5.23. The van der Waals surface area contributed by atoms with Crippen LogP contribution in [-0.4, -0.2) is 39.3 Å². The lowest BCUT2D eigenvalue weighted by atomic mass is 10.2. The molecule has 1 amide bonds. The molecule has 8 heteroatoms. The molecule has 1 N–H and O–H groups in total. The Morgan fingerprint density at radius 3 is 2.38 bits per heavy atom. The first kappa shape index (κ1) is 20.0. The number of nitrogens with zero attached hydrogens (tertiary/aromatic N) is 1. The van der Waals surface area contributed by atoms with Crippen molar-refractivity contribution in [2.75, 3.05) is 20.6 Å². The van der Waals surface area contributed by atoms with E-state index in [1.54, 1.807) is 30.3 Å². The van der Waals surface area contributed by atoms with Gasteiger partial charge >= 0.3 is 0 Å². The highest BCUT2D eigenvalue weighted by atomic mass is 32.2. The minimum Gasteiger partial charge on any atom is -0.486 e. The van der Waals surface area contributed by atoms with E-state index in [2.05, 4.69) is 5.32 Å². The van der Waals surface area contributed by atoms with Crippen LogP contribution < -0.4 is 10.1 Å². The quantitative estimate of drug-likeness (QED) is 0.760. The van der Waals surface area contributed by atoms with Crippen LogP contribution in [-0.2, 0) is 16.6 Å². The molecule has 0 atom stereocenters. The van der Waals surface area contributed by atoms with E-state index in [-0.39, 0.29) is 17.6 Å². The van der Waals surface area contributed by atoms with Gasteiger partial charge in [-0.2, -0.15) is 0 Å². The number of rotatable bonds is 8. The number of hydrogen-bond acceptors (Lipinski definition) is 5. The fourth-order valence-electron chi connectivity index (χ4n) is 2.01. The number of carbonyl (C=O) groups is 1. The maximum atomic E-state index is 12.0. The normalized spacial score (nSPS) is 11.8. The number of sulfonamides is 1. The van der Waals surface area contributed by atoms with Gasteiger partial charge in [0.25, 0.3) is 15.9 Å². The van der Waals surface area contributed by atoms with E-state index in [0.717, 1.165) is 4.31 Å². The van der Waals surface area contributed by atoms with Gasteiger partial charge in [0.15, 0.2) is 0 Å². The van der Waals surface area contributed by atoms with Gasteiger partial charge in [0.1, 0.15) is 18.1 Å². The van der Waals surface area contributed by atoms with Crippen LogP contribution in [0.1, 0.15) is 30.0 Å². The van der Waals surface area contributed by atoms with Crippen molar-refractivity contribution in [3.63, 3.8) is 0 Å². The molecule has 0 bridgehead atoms. The van der Waals surface area contributed by atoms with E-state index in [1.165, 1.54) is 20.2 Å². The van der Waals surface area contributed by atoms with Crippen LogP contribution in [0.25, 0.3) is 0 Å². The zero-order chi connectivity index (χ0) is 19.3. The lowest BCUT2D eigenvalue weighted by Crippen LogP contribution is -2.27. The number of nitrogens with one attached hydrogen (secondary N) is 1. The van der Waals surface area contributed by atoms with Gasteiger partial charge in [0.05, 0.1) is 0 Å². The molecule has 0 radical (unpaired) electrons. The number of ether oxygens (including phenoxy) is 1. The first-order chi connectivity index (χ1) is 12.2. The molecule has 1 aromatic carbocycles. The van der Waals surface area contributed by atoms with Crippen molar-refractivity contribution >= 4 is 15.9 Å². The molecule has 26 heavy (non-hydrogen) atoms. The predicted molar refractivity (Wildman–Crippen MR) is 97.5 cm³/mol. The molecule has 0 aliphatic rings. The van der Waals surface area contributed by atoms with Crippen LogP contribution in [0.5, 0.6) is 5.75 Å². The minimum atomic E-state index is -3.60. The average Bonchev–Trinajstić information content (AvgIpc) is 3.08. The Hall–Kier alpha value is -2.32. The standard InChI is InChI=1S/C18H24N2O5S/c1-13(2)11-19-18(21)14-5-7-15(8-6-14)24-12-16-9-10-17(25-16)26(22,23)20(3)4/h5-10,13H,11-12H2,1-4H3,(H,19,21). The topological polar surface area (TPSA) is 88.8 Å². The predicted octanol–water partition coefficient (Wildman–Crippen LogP) is 2.49. The molecule has 0 saturated carbocycles. The summed E-state index contributed by atoms with van der Waals surface area (Å²) in [6.45, 7) is 4.76. The molecule has 0 aliphatic carbocycles. The van der Waals surface area contributed by atoms with E-state index in [9.17, 15) is 13.2 Å². The summed E-state index contributed by atoms with van der Waals surface area (Å²) in [7, 11) is -0.724. The first-order valence-corrected chi connectivity index (χ1v) is 9.66. The van der Waals surface area contributed by atoms with Gasteiger partial charge in [-0.15, -0.1) is 0 Å². The van der Waals surface area contributed by atoms with E-state index >= 15 is 0 Å². The Morgan fingerprint density at radius 2 is 1.81 bits per heavy atom. The molecule has 0 saturated heterocycles. The number of hydrogen-bond donors (Lipinski definition) is 1. The largest absolute Gasteiger partial charge is 0.486 e. The number of furan rings is 1. The smallest absolute Gasteiger partial charge is 0.275 e. The molecular formula is C18H24N2O5S. The van der Waals surface area contributed by atoms with Crippen molar-refractivity contribution in [2.45, 2.75) is 25.5 Å². The molecular weight excluding hydrogens is 356 g/mol. The number of benzene rings is 1. The first-order valence-electron chi connectivity index (χ1n) is 8.22. The van der Waals surface area contributed by atoms with Crippen molar-refractivity contribution in [2.24, 2.45) is 5.92 Å². The fraction of sp³-hybridized carbons (Fsp3) is 0.389. The lowest BCUT2D eigenvalue weighted by Gasteiger charge is -2.09. The molecule has 2 rings (SSSR count). The second-order valence-corrected chi connectivity index (χ2v) is 8.51. The van der Waals surface area contributed by atoms with Gasteiger partial charge in [0.2, 0.25) is 5.09 Å². The number of carbonyl (C=O) groups excluding carboxylic acids is 1. The Labute approximate surface area is 154 Å². The molecule has 1 aromatic heterocycles. The zero-order valence-electron chi connectivity index (χ0n) is 15.4. The van der Waals surface area contributed by atoms with E-state index < -0.39 is 10.0 Å². The molecule has 0 aliphatic heterocycles. The van der Waals surface area contributed by atoms with Gasteiger partial charge in [-0.25, -0.2) is 12.7 Å². The highest BCUT2D eigenvalue weighted by Crippen LogP contribution is 2.19. The summed E-state index contributed by atoms with van der Waals surface area (Å²) in [6.07, 6.45) is 0. The SMILES string of the molecule is CC(C)CNC(=O)c1ccc(OCc2ccc(S(=O)(=O)N(C)C)o2)cc1. The molecule has 2 aromatic rings. The third kappa shape index (κ3) is 5.09. The van der Waals surface area contributed by atoms with Crippen molar-refractivity contribution in [3.8, 4) is 5.75 Å².